The van der Waals surface area contributed by atoms with E-state index in [1.807, 2.05) is 6.07 Å². The Morgan fingerprint density at radius 1 is 1.45 bits per heavy atom. The second-order valence-electron chi connectivity index (χ2n) is 2.00. The Kier molecular flexibility index (Phi) is 1.72. The minimum absolute atomic E-state index is 0.581. The molecule has 0 spiro atoms. The van der Waals surface area contributed by atoms with Gasteiger partial charge in [-0.05, 0) is 34.7 Å². The van der Waals surface area contributed by atoms with Crippen LogP contribution in [0.3, 0.4) is 0 Å². The van der Waals surface area contributed by atoms with Crippen molar-refractivity contribution in [1.82, 2.24) is 14.6 Å². The van der Waals surface area contributed by atoms with E-state index >= 15 is 0 Å². The molecule has 2 heterocycles. The van der Waals surface area contributed by atoms with Crippen LogP contribution in [-0.4, -0.2) is 14.6 Å². The van der Waals surface area contributed by atoms with Gasteiger partial charge >= 0.3 is 0 Å². The molecule has 2 aromatic heterocycles. The normalized spacial score (nSPS) is 10.7. The molecule has 0 unspecified atom stereocenters. The average Bonchev–Trinajstić information content (AvgIpc) is 2.45. The van der Waals surface area contributed by atoms with Crippen molar-refractivity contribution < 1.29 is 0 Å². The number of fused-ring (bicyclic) bond motifs is 1. The molecular formula is C6H3ClIN3. The molecule has 0 aromatic carbocycles. The van der Waals surface area contributed by atoms with Gasteiger partial charge in [0, 0.05) is 0 Å². The van der Waals surface area contributed by atoms with Crippen LogP contribution in [-0.2, 0) is 0 Å². The lowest BCUT2D eigenvalue weighted by Crippen LogP contribution is -1.90. The highest BCUT2D eigenvalue weighted by Gasteiger charge is 2.02. The van der Waals surface area contributed by atoms with Crippen LogP contribution < -0.4 is 0 Å². The van der Waals surface area contributed by atoms with E-state index in [9.17, 15) is 0 Å². The van der Waals surface area contributed by atoms with Gasteiger partial charge in [-0.2, -0.15) is 5.10 Å². The van der Waals surface area contributed by atoms with Crippen LogP contribution in [0, 0.1) is 3.57 Å². The summed E-state index contributed by atoms with van der Waals surface area (Å²) < 4.78 is 2.65. The molecule has 0 radical (unpaired) electrons. The Balaban J connectivity index is 2.96. The molecule has 0 amide bonds. The van der Waals surface area contributed by atoms with Crippen molar-refractivity contribution in [3.8, 4) is 0 Å². The third kappa shape index (κ3) is 1.10. The van der Waals surface area contributed by atoms with Crippen LogP contribution in [0.5, 0.6) is 0 Å². The number of halogens is 2. The summed E-state index contributed by atoms with van der Waals surface area (Å²) in [7, 11) is 0. The zero-order valence-corrected chi connectivity index (χ0v) is 8.24. The van der Waals surface area contributed by atoms with Crippen LogP contribution in [0.1, 0.15) is 0 Å². The van der Waals surface area contributed by atoms with E-state index in [1.54, 1.807) is 10.6 Å². The molecule has 0 fully saturated rings. The third-order valence-electron chi connectivity index (χ3n) is 1.33. The summed E-state index contributed by atoms with van der Waals surface area (Å²) in [5.41, 5.74) is 0.804. The van der Waals surface area contributed by atoms with Gasteiger partial charge in [-0.1, -0.05) is 11.6 Å². The quantitative estimate of drug-likeness (QED) is 0.545. The van der Waals surface area contributed by atoms with Gasteiger partial charge in [0.2, 0.25) is 0 Å². The molecule has 3 nitrogen and oxygen atoms in total. The lowest BCUT2D eigenvalue weighted by molar-refractivity contribution is 0.959. The van der Waals surface area contributed by atoms with Crippen molar-refractivity contribution in [3.05, 3.63) is 27.2 Å². The molecule has 56 valence electrons. The first kappa shape index (κ1) is 7.30. The van der Waals surface area contributed by atoms with E-state index in [4.69, 9.17) is 11.6 Å². The highest BCUT2D eigenvalue weighted by molar-refractivity contribution is 14.1. The summed E-state index contributed by atoms with van der Waals surface area (Å²) in [5.74, 6) is 0. The lowest BCUT2D eigenvalue weighted by atomic mass is 10.5. The summed E-state index contributed by atoms with van der Waals surface area (Å²) >= 11 is 8.02. The van der Waals surface area contributed by atoms with E-state index in [0.717, 1.165) is 9.22 Å². The number of pyridine rings is 1. The molecule has 0 aliphatic carbocycles. The van der Waals surface area contributed by atoms with Gasteiger partial charge in [0.25, 0.3) is 0 Å². The number of rotatable bonds is 0. The van der Waals surface area contributed by atoms with Crippen LogP contribution in [0.25, 0.3) is 5.65 Å². The molecule has 0 aliphatic rings. The molecule has 0 bridgehead atoms. The fourth-order valence-corrected chi connectivity index (χ4v) is 1.58. The maximum absolute atomic E-state index is 5.83. The molecule has 5 heteroatoms. The highest BCUT2D eigenvalue weighted by Crippen LogP contribution is 2.15. The maximum atomic E-state index is 5.83. The van der Waals surface area contributed by atoms with E-state index in [0.29, 0.717) is 5.15 Å². The summed E-state index contributed by atoms with van der Waals surface area (Å²) in [4.78, 5) is 4.04. The summed E-state index contributed by atoms with van der Waals surface area (Å²) in [6.45, 7) is 0. The van der Waals surface area contributed by atoms with Crippen molar-refractivity contribution in [2.75, 3.05) is 0 Å². The number of aromatic nitrogens is 3. The van der Waals surface area contributed by atoms with Crippen molar-refractivity contribution in [1.29, 1.82) is 0 Å². The largest absolute Gasteiger partial charge is 0.214 e. The second-order valence-corrected chi connectivity index (χ2v) is 3.55. The first-order chi connectivity index (χ1) is 5.29. The Labute approximate surface area is 81.5 Å². The molecule has 2 rings (SSSR count). The highest BCUT2D eigenvalue weighted by atomic mass is 127. The standard InChI is InChI=1S/C6H3ClIN3/c7-5-2-1-4(8)6-9-3-10-11(5)6/h1-3H. The van der Waals surface area contributed by atoms with Crippen molar-refractivity contribution in [2.45, 2.75) is 0 Å². The predicted molar refractivity (Wildman–Crippen MR) is 50.7 cm³/mol. The van der Waals surface area contributed by atoms with Gasteiger partial charge in [0.05, 0.1) is 3.57 Å². The van der Waals surface area contributed by atoms with Gasteiger partial charge < -0.3 is 0 Å². The fourth-order valence-electron chi connectivity index (χ4n) is 0.848. The van der Waals surface area contributed by atoms with Crippen molar-refractivity contribution >= 4 is 39.8 Å². The van der Waals surface area contributed by atoms with Gasteiger partial charge in [-0.25, -0.2) is 9.50 Å². The molecule has 2 aromatic rings. The van der Waals surface area contributed by atoms with E-state index in [-0.39, 0.29) is 0 Å². The fraction of sp³-hybridized carbons (Fsp3) is 0. The van der Waals surface area contributed by atoms with Crippen LogP contribution in [0.2, 0.25) is 5.15 Å². The summed E-state index contributed by atoms with van der Waals surface area (Å²) in [5, 5.41) is 4.53. The van der Waals surface area contributed by atoms with Gasteiger partial charge in [-0.15, -0.1) is 0 Å². The second kappa shape index (κ2) is 2.60. The summed E-state index contributed by atoms with van der Waals surface area (Å²) in [6.07, 6.45) is 1.49. The zero-order valence-electron chi connectivity index (χ0n) is 5.33. The minimum atomic E-state index is 0.581. The molecule has 0 saturated carbocycles. The molecule has 0 N–H and O–H groups in total. The van der Waals surface area contributed by atoms with Crippen molar-refractivity contribution in [2.24, 2.45) is 0 Å². The van der Waals surface area contributed by atoms with Crippen LogP contribution >= 0.6 is 34.2 Å². The zero-order chi connectivity index (χ0) is 7.84. The van der Waals surface area contributed by atoms with Crippen molar-refractivity contribution in [3.63, 3.8) is 0 Å². The number of hydrogen-bond acceptors (Lipinski definition) is 2. The first-order valence-electron chi connectivity index (χ1n) is 2.93. The van der Waals surface area contributed by atoms with Crippen LogP contribution in [0.4, 0.5) is 0 Å². The third-order valence-corrected chi connectivity index (χ3v) is 2.46. The number of nitrogens with zero attached hydrogens (tertiary/aromatic N) is 3. The van der Waals surface area contributed by atoms with E-state index in [1.165, 1.54) is 6.33 Å². The minimum Gasteiger partial charge on any atom is -0.214 e. The first-order valence-corrected chi connectivity index (χ1v) is 4.38. The molecule has 0 atom stereocenters. The van der Waals surface area contributed by atoms with E-state index in [2.05, 4.69) is 32.7 Å². The van der Waals surface area contributed by atoms with Crippen LogP contribution in [0.15, 0.2) is 18.5 Å². The molecule has 0 saturated heterocycles. The topological polar surface area (TPSA) is 30.2 Å². The lowest BCUT2D eigenvalue weighted by Gasteiger charge is -1.95. The smallest absolute Gasteiger partial charge is 0.170 e. The SMILES string of the molecule is Clc1ccc(I)c2ncnn12. The molecular weight excluding hydrogens is 276 g/mol. The Morgan fingerprint density at radius 2 is 2.27 bits per heavy atom. The molecule has 0 aliphatic heterocycles. The molecule has 11 heavy (non-hydrogen) atoms. The van der Waals surface area contributed by atoms with E-state index < -0.39 is 0 Å². The number of hydrogen-bond donors (Lipinski definition) is 0. The summed E-state index contributed by atoms with van der Waals surface area (Å²) in [6, 6.07) is 3.71. The van der Waals surface area contributed by atoms with Gasteiger partial charge in [0.15, 0.2) is 5.65 Å². The Bertz CT molecular complexity index is 362. The Hall–Kier alpha value is -0.360. The van der Waals surface area contributed by atoms with Gasteiger partial charge in [0.1, 0.15) is 11.5 Å². The Morgan fingerprint density at radius 3 is 3.00 bits per heavy atom. The predicted octanol–water partition coefficient (Wildman–Crippen LogP) is 1.99. The van der Waals surface area contributed by atoms with Gasteiger partial charge in [-0.3, -0.25) is 0 Å². The maximum Gasteiger partial charge on any atom is 0.170 e. The monoisotopic (exact) mass is 279 g/mol. The average molecular weight is 279 g/mol.